The first-order valence-corrected chi connectivity index (χ1v) is 5.68. The maximum atomic E-state index is 11.7. The average molecular weight is 274 g/mol. The highest BCUT2D eigenvalue weighted by Crippen LogP contribution is 2.09. The molecule has 0 radical (unpaired) electrons. The number of nitrogens with zero attached hydrogens (tertiary/aromatic N) is 1. The number of carbonyl (C=O) groups excluding carboxylic acids is 2. The van der Waals surface area contributed by atoms with Crippen LogP contribution in [0.1, 0.15) is 0 Å². The van der Waals surface area contributed by atoms with E-state index in [0.717, 1.165) is 5.57 Å². The predicted octanol–water partition coefficient (Wildman–Crippen LogP) is 1.87. The molecule has 2 amide bonds. The number of hydrogen-bond donors (Lipinski definition) is 2. The standard InChI is InChI=1S/C15H18N2O3/c1-5-8-12(6-2)9-10-14(16-11-18)13(7-3)15(19)17(4)20/h5-11,20H,1-3H2,4H3,(H,16,18)/b10-9+,12-8+,14-13-. The first-order valence-electron chi connectivity index (χ1n) is 5.68. The average Bonchev–Trinajstić information content (AvgIpc) is 2.43. The molecule has 0 rings (SSSR count). The fourth-order valence-electron chi connectivity index (χ4n) is 1.27. The van der Waals surface area contributed by atoms with Crippen molar-refractivity contribution in [3.63, 3.8) is 0 Å². The number of rotatable bonds is 8. The van der Waals surface area contributed by atoms with Crippen molar-refractivity contribution in [3.05, 3.63) is 73.0 Å². The van der Waals surface area contributed by atoms with E-state index in [-0.39, 0.29) is 11.3 Å². The van der Waals surface area contributed by atoms with Crippen molar-refractivity contribution in [1.82, 2.24) is 10.4 Å². The van der Waals surface area contributed by atoms with Crippen molar-refractivity contribution in [2.45, 2.75) is 0 Å². The molecule has 0 saturated heterocycles. The second-order valence-corrected chi connectivity index (χ2v) is 3.56. The summed E-state index contributed by atoms with van der Waals surface area (Å²) in [6, 6.07) is 0. The Labute approximate surface area is 118 Å². The van der Waals surface area contributed by atoms with Crippen molar-refractivity contribution in [2.75, 3.05) is 7.05 Å². The molecule has 0 bridgehead atoms. The van der Waals surface area contributed by atoms with E-state index in [1.165, 1.54) is 19.2 Å². The third kappa shape index (κ3) is 5.32. The van der Waals surface area contributed by atoms with Gasteiger partial charge in [0.2, 0.25) is 6.41 Å². The zero-order chi connectivity index (χ0) is 15.5. The highest BCUT2D eigenvalue weighted by atomic mass is 16.5. The second kappa shape index (κ2) is 9.29. The van der Waals surface area contributed by atoms with Gasteiger partial charge in [0.05, 0.1) is 11.3 Å². The summed E-state index contributed by atoms with van der Waals surface area (Å²) in [5.74, 6) is -0.693. The molecule has 0 saturated carbocycles. The smallest absolute Gasteiger partial charge is 0.279 e. The summed E-state index contributed by atoms with van der Waals surface area (Å²) in [5, 5.41) is 12.0. The van der Waals surface area contributed by atoms with E-state index in [9.17, 15) is 9.59 Å². The van der Waals surface area contributed by atoms with Gasteiger partial charge in [0.1, 0.15) is 0 Å². The Bertz CT molecular complexity index is 497. The van der Waals surface area contributed by atoms with E-state index in [0.29, 0.717) is 11.5 Å². The Morgan fingerprint density at radius 1 is 1.20 bits per heavy atom. The molecule has 0 aromatic carbocycles. The molecule has 0 spiro atoms. The lowest BCUT2D eigenvalue weighted by atomic mass is 10.1. The topological polar surface area (TPSA) is 69.6 Å². The van der Waals surface area contributed by atoms with Crippen LogP contribution in [0, 0.1) is 0 Å². The van der Waals surface area contributed by atoms with Crippen LogP contribution in [0.25, 0.3) is 0 Å². The van der Waals surface area contributed by atoms with Gasteiger partial charge in [-0.1, -0.05) is 50.1 Å². The number of hydroxylamine groups is 2. The van der Waals surface area contributed by atoms with Gasteiger partial charge in [-0.05, 0) is 11.6 Å². The molecule has 106 valence electrons. The van der Waals surface area contributed by atoms with Crippen molar-refractivity contribution in [3.8, 4) is 0 Å². The fourth-order valence-corrected chi connectivity index (χ4v) is 1.27. The number of allylic oxidation sites excluding steroid dienone is 6. The van der Waals surface area contributed by atoms with Crippen molar-refractivity contribution in [1.29, 1.82) is 0 Å². The lowest BCUT2D eigenvalue weighted by molar-refractivity contribution is -0.154. The minimum atomic E-state index is -0.693. The highest BCUT2D eigenvalue weighted by Gasteiger charge is 2.14. The van der Waals surface area contributed by atoms with E-state index in [1.807, 2.05) is 0 Å². The minimum absolute atomic E-state index is 0.0559. The van der Waals surface area contributed by atoms with Crippen molar-refractivity contribution in [2.24, 2.45) is 0 Å². The summed E-state index contributed by atoms with van der Waals surface area (Å²) in [6.45, 7) is 10.7. The van der Waals surface area contributed by atoms with Gasteiger partial charge in [-0.2, -0.15) is 0 Å². The van der Waals surface area contributed by atoms with Crippen LogP contribution in [0.2, 0.25) is 0 Å². The maximum Gasteiger partial charge on any atom is 0.279 e. The van der Waals surface area contributed by atoms with Crippen LogP contribution >= 0.6 is 0 Å². The number of hydrogen-bond acceptors (Lipinski definition) is 3. The lowest BCUT2D eigenvalue weighted by Gasteiger charge is -2.12. The van der Waals surface area contributed by atoms with Gasteiger partial charge < -0.3 is 5.32 Å². The van der Waals surface area contributed by atoms with Gasteiger partial charge in [-0.25, -0.2) is 5.06 Å². The van der Waals surface area contributed by atoms with E-state index >= 15 is 0 Å². The molecule has 0 heterocycles. The highest BCUT2D eigenvalue weighted by molar-refractivity contribution is 5.96. The Morgan fingerprint density at radius 2 is 1.85 bits per heavy atom. The van der Waals surface area contributed by atoms with Gasteiger partial charge >= 0.3 is 0 Å². The Hall–Kier alpha value is -2.66. The van der Waals surface area contributed by atoms with E-state index in [2.05, 4.69) is 25.1 Å². The summed E-state index contributed by atoms with van der Waals surface area (Å²) in [6.07, 6.45) is 9.69. The van der Waals surface area contributed by atoms with Crippen LogP contribution in [-0.2, 0) is 9.59 Å². The molecule has 20 heavy (non-hydrogen) atoms. The van der Waals surface area contributed by atoms with Gasteiger partial charge in [0, 0.05) is 7.05 Å². The van der Waals surface area contributed by atoms with Crippen LogP contribution in [0.3, 0.4) is 0 Å². The molecule has 0 atom stereocenters. The van der Waals surface area contributed by atoms with E-state index < -0.39 is 5.91 Å². The molecule has 0 unspecified atom stereocenters. The lowest BCUT2D eigenvalue weighted by Crippen LogP contribution is -2.26. The van der Waals surface area contributed by atoms with E-state index in [1.54, 1.807) is 24.3 Å². The zero-order valence-corrected chi connectivity index (χ0v) is 11.4. The maximum absolute atomic E-state index is 11.7. The normalized spacial score (nSPS) is 12.4. The monoisotopic (exact) mass is 274 g/mol. The van der Waals surface area contributed by atoms with Gasteiger partial charge in [0.25, 0.3) is 5.91 Å². The van der Waals surface area contributed by atoms with Crippen LogP contribution < -0.4 is 5.32 Å². The largest absolute Gasteiger partial charge is 0.328 e. The quantitative estimate of drug-likeness (QED) is 0.233. The SMILES string of the molecule is C=C/C=C(C=C)/C=C/C(NC=O)=C(\C=C)C(=O)N(C)O. The number of amides is 2. The van der Waals surface area contributed by atoms with Crippen LogP contribution in [0.5, 0.6) is 0 Å². The molecular weight excluding hydrogens is 256 g/mol. The Balaban J connectivity index is 5.66. The third-order valence-electron chi connectivity index (χ3n) is 2.22. The third-order valence-corrected chi connectivity index (χ3v) is 2.22. The zero-order valence-electron chi connectivity index (χ0n) is 11.4. The predicted molar refractivity (Wildman–Crippen MR) is 78.6 cm³/mol. The molecular formula is C15H18N2O3. The van der Waals surface area contributed by atoms with Gasteiger partial charge in [-0.15, -0.1) is 0 Å². The summed E-state index contributed by atoms with van der Waals surface area (Å²) in [4.78, 5) is 22.4. The summed E-state index contributed by atoms with van der Waals surface area (Å²) >= 11 is 0. The molecule has 0 fully saturated rings. The van der Waals surface area contributed by atoms with Crippen LogP contribution in [0.15, 0.2) is 73.0 Å². The van der Waals surface area contributed by atoms with Crippen molar-refractivity contribution < 1.29 is 14.8 Å². The number of carbonyl (C=O) groups is 2. The number of likely N-dealkylation sites (N-methyl/N-ethyl adjacent to an activating group) is 1. The second-order valence-electron chi connectivity index (χ2n) is 3.56. The first-order chi connectivity index (χ1) is 9.51. The molecule has 0 aromatic heterocycles. The molecule has 2 N–H and O–H groups in total. The molecule has 5 heteroatoms. The van der Waals surface area contributed by atoms with Gasteiger partial charge in [-0.3, -0.25) is 14.8 Å². The summed E-state index contributed by atoms with van der Waals surface area (Å²) in [5.41, 5.74) is 0.997. The minimum Gasteiger partial charge on any atom is -0.328 e. The molecule has 0 aliphatic rings. The molecule has 0 aliphatic heterocycles. The Morgan fingerprint density at radius 3 is 2.25 bits per heavy atom. The molecule has 5 nitrogen and oxygen atoms in total. The number of nitrogens with one attached hydrogen (secondary N) is 1. The first kappa shape index (κ1) is 17.3. The summed E-state index contributed by atoms with van der Waals surface area (Å²) < 4.78 is 0. The van der Waals surface area contributed by atoms with Crippen molar-refractivity contribution >= 4 is 12.3 Å². The Kier molecular flexibility index (Phi) is 8.06. The van der Waals surface area contributed by atoms with Gasteiger partial charge in [0.15, 0.2) is 0 Å². The van der Waals surface area contributed by atoms with Crippen LogP contribution in [0.4, 0.5) is 0 Å². The fraction of sp³-hybridized carbons (Fsp3) is 0.0667. The molecule has 0 aromatic rings. The van der Waals surface area contributed by atoms with Crippen LogP contribution in [-0.4, -0.2) is 29.6 Å². The molecule has 0 aliphatic carbocycles. The van der Waals surface area contributed by atoms with E-state index in [4.69, 9.17) is 5.21 Å². The summed E-state index contributed by atoms with van der Waals surface area (Å²) in [7, 11) is 1.18.